The molecule has 2 aromatic carbocycles. The smallest absolute Gasteiger partial charge is 0.0558 e. The van der Waals surface area contributed by atoms with Crippen LogP contribution in [0.1, 0.15) is 22.6 Å². The Morgan fingerprint density at radius 2 is 1.73 bits per heavy atom. The molecule has 2 heteroatoms. The Kier molecular flexibility index (Phi) is 3.73. The van der Waals surface area contributed by atoms with Crippen molar-refractivity contribution in [1.29, 1.82) is 0 Å². The lowest BCUT2D eigenvalue weighted by molar-refractivity contribution is 0.215. The quantitative estimate of drug-likeness (QED) is 0.940. The van der Waals surface area contributed by atoms with Gasteiger partial charge in [0.2, 0.25) is 0 Å². The highest BCUT2D eigenvalue weighted by molar-refractivity contribution is 5.42. The fraction of sp³-hybridized carbons (Fsp3) is 0.400. The Bertz CT molecular complexity index is 639. The number of aliphatic hydroxyl groups is 1. The molecule has 0 spiro atoms. The van der Waals surface area contributed by atoms with Gasteiger partial charge < -0.3 is 10.0 Å². The predicted molar refractivity (Wildman–Crippen MR) is 88.9 cm³/mol. The minimum Gasteiger partial charge on any atom is -0.395 e. The van der Waals surface area contributed by atoms with Gasteiger partial charge in [-0.1, -0.05) is 54.6 Å². The van der Waals surface area contributed by atoms with Gasteiger partial charge in [0.25, 0.3) is 0 Å². The van der Waals surface area contributed by atoms with Gasteiger partial charge in [-0.3, -0.25) is 0 Å². The molecule has 22 heavy (non-hydrogen) atoms. The minimum absolute atomic E-state index is 0.266. The lowest BCUT2D eigenvalue weighted by Gasteiger charge is -2.35. The summed E-state index contributed by atoms with van der Waals surface area (Å²) in [5, 5.41) is 9.28. The fourth-order valence-corrected chi connectivity index (χ4v) is 4.53. The molecule has 0 amide bonds. The first kappa shape index (κ1) is 14.0. The number of rotatable bonds is 3. The van der Waals surface area contributed by atoms with Crippen LogP contribution in [0, 0.1) is 11.8 Å². The monoisotopic (exact) mass is 293 g/mol. The molecule has 2 aromatic rings. The standard InChI is InChI=1S/C20H23NO/c22-11-10-21-13-17-12-16-8-4-5-9-18(16)20(19(17)14-21)15-6-2-1-3-7-15/h1-9,17,19-20,22H,10-14H2. The third-order valence-corrected chi connectivity index (χ3v) is 5.44. The maximum Gasteiger partial charge on any atom is 0.0558 e. The van der Waals surface area contributed by atoms with Gasteiger partial charge in [0.05, 0.1) is 6.61 Å². The summed E-state index contributed by atoms with van der Waals surface area (Å²) in [7, 11) is 0. The third kappa shape index (κ3) is 2.37. The first-order valence-corrected chi connectivity index (χ1v) is 8.33. The normalized spacial score (nSPS) is 27.4. The van der Waals surface area contributed by atoms with E-state index in [9.17, 15) is 5.11 Å². The molecule has 1 N–H and O–H groups in total. The van der Waals surface area contributed by atoms with Gasteiger partial charge >= 0.3 is 0 Å². The Morgan fingerprint density at radius 1 is 0.955 bits per heavy atom. The van der Waals surface area contributed by atoms with Crippen molar-refractivity contribution in [2.75, 3.05) is 26.2 Å². The first-order valence-electron chi connectivity index (χ1n) is 8.33. The maximum absolute atomic E-state index is 9.28. The SMILES string of the molecule is OCCN1CC2Cc3ccccc3C(c3ccccc3)C2C1. The van der Waals surface area contributed by atoms with E-state index in [0.717, 1.165) is 19.6 Å². The summed E-state index contributed by atoms with van der Waals surface area (Å²) in [5.41, 5.74) is 4.47. The second-order valence-corrected chi connectivity index (χ2v) is 6.70. The molecule has 3 atom stereocenters. The molecule has 2 nitrogen and oxygen atoms in total. The van der Waals surface area contributed by atoms with E-state index in [2.05, 4.69) is 59.5 Å². The summed E-state index contributed by atoms with van der Waals surface area (Å²) in [4.78, 5) is 2.44. The maximum atomic E-state index is 9.28. The van der Waals surface area contributed by atoms with Crippen LogP contribution in [-0.2, 0) is 6.42 Å². The van der Waals surface area contributed by atoms with Gasteiger partial charge in [0, 0.05) is 25.6 Å². The first-order chi connectivity index (χ1) is 10.9. The van der Waals surface area contributed by atoms with Gasteiger partial charge in [-0.25, -0.2) is 0 Å². The van der Waals surface area contributed by atoms with Crippen LogP contribution in [0.2, 0.25) is 0 Å². The molecular formula is C20H23NO. The highest BCUT2D eigenvalue weighted by atomic mass is 16.3. The van der Waals surface area contributed by atoms with E-state index in [0.29, 0.717) is 17.8 Å². The number of hydrogen-bond donors (Lipinski definition) is 1. The molecule has 4 rings (SSSR count). The zero-order valence-corrected chi connectivity index (χ0v) is 12.9. The Hall–Kier alpha value is -1.64. The topological polar surface area (TPSA) is 23.5 Å². The largest absolute Gasteiger partial charge is 0.395 e. The second kappa shape index (κ2) is 5.86. The van der Waals surface area contributed by atoms with Crippen molar-refractivity contribution >= 4 is 0 Å². The molecule has 1 fully saturated rings. The second-order valence-electron chi connectivity index (χ2n) is 6.70. The molecule has 3 unspecified atom stereocenters. The van der Waals surface area contributed by atoms with Crippen molar-refractivity contribution in [3.05, 3.63) is 71.3 Å². The van der Waals surface area contributed by atoms with E-state index in [1.807, 2.05) is 0 Å². The molecule has 0 saturated carbocycles. The zero-order valence-electron chi connectivity index (χ0n) is 12.9. The number of fused-ring (bicyclic) bond motifs is 2. The average Bonchev–Trinajstić information content (AvgIpc) is 2.95. The summed E-state index contributed by atoms with van der Waals surface area (Å²) in [6.45, 7) is 3.31. The van der Waals surface area contributed by atoms with Crippen molar-refractivity contribution in [2.24, 2.45) is 11.8 Å². The van der Waals surface area contributed by atoms with Crippen molar-refractivity contribution in [1.82, 2.24) is 4.90 Å². The summed E-state index contributed by atoms with van der Waals surface area (Å²) in [6.07, 6.45) is 1.19. The Labute approximate surface area is 132 Å². The number of benzene rings is 2. The number of hydrogen-bond acceptors (Lipinski definition) is 2. The van der Waals surface area contributed by atoms with Crippen LogP contribution in [0.4, 0.5) is 0 Å². The molecule has 1 aliphatic carbocycles. The van der Waals surface area contributed by atoms with Gasteiger partial charge in [-0.15, -0.1) is 0 Å². The van der Waals surface area contributed by atoms with Crippen molar-refractivity contribution < 1.29 is 5.11 Å². The summed E-state index contributed by atoms with van der Waals surface area (Å²) >= 11 is 0. The molecule has 1 aliphatic heterocycles. The lowest BCUT2D eigenvalue weighted by atomic mass is 9.68. The fourth-order valence-electron chi connectivity index (χ4n) is 4.53. The van der Waals surface area contributed by atoms with E-state index in [1.165, 1.54) is 23.1 Å². The molecule has 2 aliphatic rings. The van der Waals surface area contributed by atoms with E-state index >= 15 is 0 Å². The minimum atomic E-state index is 0.266. The van der Waals surface area contributed by atoms with Crippen LogP contribution in [-0.4, -0.2) is 36.2 Å². The summed E-state index contributed by atoms with van der Waals surface area (Å²) in [5.74, 6) is 1.88. The van der Waals surface area contributed by atoms with Crippen LogP contribution in [0.25, 0.3) is 0 Å². The van der Waals surface area contributed by atoms with Gasteiger partial charge in [0.1, 0.15) is 0 Å². The average molecular weight is 293 g/mol. The van der Waals surface area contributed by atoms with Crippen LogP contribution in [0.3, 0.4) is 0 Å². The van der Waals surface area contributed by atoms with Gasteiger partial charge in [0.15, 0.2) is 0 Å². The van der Waals surface area contributed by atoms with Crippen molar-refractivity contribution in [3.8, 4) is 0 Å². The van der Waals surface area contributed by atoms with Crippen molar-refractivity contribution in [2.45, 2.75) is 12.3 Å². The molecule has 1 heterocycles. The summed E-state index contributed by atoms with van der Waals surface area (Å²) in [6, 6.07) is 19.9. The van der Waals surface area contributed by atoms with E-state index in [-0.39, 0.29) is 6.61 Å². The van der Waals surface area contributed by atoms with E-state index < -0.39 is 0 Å². The summed E-state index contributed by atoms with van der Waals surface area (Å²) < 4.78 is 0. The third-order valence-electron chi connectivity index (χ3n) is 5.44. The number of β-amino-alcohol motifs (C(OH)–C–C–N with tert-alkyl or cyclic N) is 1. The Morgan fingerprint density at radius 3 is 2.55 bits per heavy atom. The highest BCUT2D eigenvalue weighted by Crippen LogP contribution is 2.46. The molecular weight excluding hydrogens is 270 g/mol. The lowest BCUT2D eigenvalue weighted by Crippen LogP contribution is -2.29. The van der Waals surface area contributed by atoms with Crippen LogP contribution in [0.5, 0.6) is 0 Å². The molecule has 1 saturated heterocycles. The van der Waals surface area contributed by atoms with E-state index in [1.54, 1.807) is 0 Å². The van der Waals surface area contributed by atoms with Crippen LogP contribution in [0.15, 0.2) is 54.6 Å². The van der Waals surface area contributed by atoms with Crippen molar-refractivity contribution in [3.63, 3.8) is 0 Å². The Balaban J connectivity index is 1.75. The van der Waals surface area contributed by atoms with Gasteiger partial charge in [-0.05, 0) is 34.9 Å². The molecule has 0 radical (unpaired) electrons. The van der Waals surface area contributed by atoms with Crippen LogP contribution < -0.4 is 0 Å². The van der Waals surface area contributed by atoms with Crippen LogP contribution >= 0.6 is 0 Å². The zero-order chi connectivity index (χ0) is 14.9. The predicted octanol–water partition coefficient (Wildman–Crippen LogP) is 2.91. The number of aliphatic hydroxyl groups excluding tert-OH is 1. The number of likely N-dealkylation sites (tertiary alicyclic amines) is 1. The highest BCUT2D eigenvalue weighted by Gasteiger charge is 2.42. The molecule has 0 bridgehead atoms. The van der Waals surface area contributed by atoms with Gasteiger partial charge in [-0.2, -0.15) is 0 Å². The molecule has 114 valence electrons. The number of nitrogens with zero attached hydrogens (tertiary/aromatic N) is 1. The molecule has 0 aromatic heterocycles. The van der Waals surface area contributed by atoms with E-state index in [4.69, 9.17) is 0 Å².